The highest BCUT2D eigenvalue weighted by Gasteiger charge is 2.50. The van der Waals surface area contributed by atoms with Gasteiger partial charge in [0.2, 0.25) is 0 Å². The van der Waals surface area contributed by atoms with Crippen molar-refractivity contribution in [2.45, 2.75) is 17.7 Å². The monoisotopic (exact) mass is 329 g/mol. The molecule has 18 heavy (non-hydrogen) atoms. The number of hydrogen-bond donors (Lipinski definition) is 0. The fourth-order valence-corrected chi connectivity index (χ4v) is 5.16. The molecule has 0 spiro atoms. The second-order valence-electron chi connectivity index (χ2n) is 4.81. The van der Waals surface area contributed by atoms with E-state index in [1.807, 2.05) is 12.1 Å². The molecule has 0 aliphatic carbocycles. The molecule has 1 aromatic rings. The average molecular weight is 330 g/mol. The van der Waals surface area contributed by atoms with Crippen LogP contribution < -0.4 is 0 Å². The lowest BCUT2D eigenvalue weighted by Gasteiger charge is -2.26. The highest BCUT2D eigenvalue weighted by atomic mass is 79.9. The van der Waals surface area contributed by atoms with Crippen molar-refractivity contribution in [3.63, 3.8) is 0 Å². The van der Waals surface area contributed by atoms with Crippen molar-refractivity contribution >= 4 is 31.7 Å². The number of amides is 1. The van der Waals surface area contributed by atoms with Gasteiger partial charge in [-0.1, -0.05) is 22.0 Å². The maximum absolute atomic E-state index is 12.3. The lowest BCUT2D eigenvalue weighted by atomic mass is 10.2. The maximum atomic E-state index is 12.3. The van der Waals surface area contributed by atoms with Crippen LogP contribution in [0.25, 0.3) is 0 Å². The van der Waals surface area contributed by atoms with E-state index in [2.05, 4.69) is 15.9 Å². The first-order chi connectivity index (χ1) is 8.47. The third-order valence-electron chi connectivity index (χ3n) is 3.64. The summed E-state index contributed by atoms with van der Waals surface area (Å²) in [7, 11) is -2.95. The van der Waals surface area contributed by atoms with E-state index in [0.29, 0.717) is 18.5 Å². The predicted octanol–water partition coefficient (Wildman–Crippen LogP) is 1.46. The molecule has 2 bridgehead atoms. The number of rotatable bonds is 1. The molecular formula is C12H12BrNO3S. The Labute approximate surface area is 114 Å². The fraction of sp³-hybridized carbons (Fsp3) is 0.417. The van der Waals surface area contributed by atoms with Crippen LogP contribution in [0, 0.1) is 0 Å². The largest absolute Gasteiger partial charge is 0.333 e. The summed E-state index contributed by atoms with van der Waals surface area (Å²) < 4.78 is 24.1. The molecule has 2 fully saturated rings. The Kier molecular flexibility index (Phi) is 2.75. The van der Waals surface area contributed by atoms with Gasteiger partial charge < -0.3 is 4.90 Å². The summed E-state index contributed by atoms with van der Waals surface area (Å²) in [5.74, 6) is 0.0518. The van der Waals surface area contributed by atoms with Gasteiger partial charge in [-0.2, -0.15) is 0 Å². The third-order valence-corrected chi connectivity index (χ3v) is 6.34. The standard InChI is InChI=1S/C12H12BrNO3S/c13-9-3-1-2-8(4-9)12(15)14-6-11-5-10(14)7-18(11,16)17/h1-4,10-11H,5-7H2. The number of carbonyl (C=O) groups excluding carboxylic acids is 1. The summed E-state index contributed by atoms with van der Waals surface area (Å²) in [4.78, 5) is 14.0. The third kappa shape index (κ3) is 1.87. The Morgan fingerprint density at radius 2 is 2.17 bits per heavy atom. The Balaban J connectivity index is 1.85. The van der Waals surface area contributed by atoms with Gasteiger partial charge in [0.25, 0.3) is 5.91 Å². The van der Waals surface area contributed by atoms with Gasteiger partial charge in [0, 0.05) is 22.6 Å². The van der Waals surface area contributed by atoms with Crippen LogP contribution in [0.3, 0.4) is 0 Å². The first-order valence-corrected chi connectivity index (χ1v) is 8.26. The number of nitrogens with zero attached hydrogens (tertiary/aromatic N) is 1. The summed E-state index contributed by atoms with van der Waals surface area (Å²) in [6.45, 7) is 0.346. The molecule has 2 saturated heterocycles. The van der Waals surface area contributed by atoms with E-state index in [4.69, 9.17) is 0 Å². The van der Waals surface area contributed by atoms with Crippen LogP contribution in [0.5, 0.6) is 0 Å². The van der Waals surface area contributed by atoms with Crippen LogP contribution >= 0.6 is 15.9 Å². The van der Waals surface area contributed by atoms with Gasteiger partial charge in [-0.25, -0.2) is 8.42 Å². The first kappa shape index (κ1) is 12.2. The van der Waals surface area contributed by atoms with E-state index in [1.165, 1.54) is 0 Å². The maximum Gasteiger partial charge on any atom is 0.254 e. The molecule has 2 heterocycles. The summed E-state index contributed by atoms with van der Waals surface area (Å²) in [5.41, 5.74) is 0.606. The van der Waals surface area contributed by atoms with Crippen LogP contribution in [0.4, 0.5) is 0 Å². The van der Waals surface area contributed by atoms with Gasteiger partial charge in [0.15, 0.2) is 9.84 Å². The Morgan fingerprint density at radius 1 is 1.39 bits per heavy atom. The van der Waals surface area contributed by atoms with Crippen LogP contribution in [-0.2, 0) is 9.84 Å². The number of benzene rings is 1. The summed E-state index contributed by atoms with van der Waals surface area (Å²) in [5, 5.41) is -0.349. The molecule has 2 aliphatic rings. The first-order valence-electron chi connectivity index (χ1n) is 5.75. The number of fused-ring (bicyclic) bond motifs is 2. The second kappa shape index (κ2) is 4.06. The number of halogens is 1. The molecule has 0 saturated carbocycles. The molecule has 2 atom stereocenters. The zero-order valence-corrected chi connectivity index (χ0v) is 11.9. The normalized spacial score (nSPS) is 28.6. The lowest BCUT2D eigenvalue weighted by Crippen LogP contribution is -2.44. The van der Waals surface area contributed by atoms with Crippen LogP contribution in [0.1, 0.15) is 16.8 Å². The van der Waals surface area contributed by atoms with Crippen molar-refractivity contribution < 1.29 is 13.2 Å². The van der Waals surface area contributed by atoms with E-state index >= 15 is 0 Å². The smallest absolute Gasteiger partial charge is 0.254 e. The molecule has 2 unspecified atom stereocenters. The molecule has 96 valence electrons. The van der Waals surface area contributed by atoms with Gasteiger partial charge in [-0.3, -0.25) is 4.79 Å². The minimum atomic E-state index is -2.95. The zero-order chi connectivity index (χ0) is 12.9. The minimum absolute atomic E-state index is 0.0706. The van der Waals surface area contributed by atoms with Crippen molar-refractivity contribution in [2.24, 2.45) is 0 Å². The fourth-order valence-electron chi connectivity index (χ4n) is 2.73. The molecule has 4 nitrogen and oxygen atoms in total. The van der Waals surface area contributed by atoms with Gasteiger partial charge in [-0.15, -0.1) is 0 Å². The van der Waals surface area contributed by atoms with E-state index < -0.39 is 9.84 Å². The van der Waals surface area contributed by atoms with E-state index in [1.54, 1.807) is 17.0 Å². The summed E-state index contributed by atoms with van der Waals surface area (Å²) in [6.07, 6.45) is 0.599. The van der Waals surface area contributed by atoms with E-state index in [9.17, 15) is 13.2 Å². The quantitative estimate of drug-likeness (QED) is 0.783. The van der Waals surface area contributed by atoms with Gasteiger partial charge >= 0.3 is 0 Å². The predicted molar refractivity (Wildman–Crippen MR) is 71.2 cm³/mol. The highest BCUT2D eigenvalue weighted by molar-refractivity contribution is 9.10. The molecule has 0 aromatic heterocycles. The lowest BCUT2D eigenvalue weighted by molar-refractivity contribution is 0.0746. The number of hydrogen-bond acceptors (Lipinski definition) is 3. The SMILES string of the molecule is O=C(c1cccc(Br)c1)N1CC2CC1CS2(=O)=O. The number of carbonyl (C=O) groups is 1. The van der Waals surface area contributed by atoms with Crippen molar-refractivity contribution in [1.82, 2.24) is 4.90 Å². The van der Waals surface area contributed by atoms with Crippen LogP contribution in [-0.4, -0.2) is 42.8 Å². The minimum Gasteiger partial charge on any atom is -0.333 e. The van der Waals surface area contributed by atoms with Crippen LogP contribution in [0.2, 0.25) is 0 Å². The molecule has 6 heteroatoms. The van der Waals surface area contributed by atoms with Crippen LogP contribution in [0.15, 0.2) is 28.7 Å². The number of sulfone groups is 1. The van der Waals surface area contributed by atoms with Crippen molar-refractivity contribution in [3.05, 3.63) is 34.3 Å². The van der Waals surface area contributed by atoms with E-state index in [0.717, 1.165) is 4.47 Å². The molecule has 1 amide bonds. The van der Waals surface area contributed by atoms with Gasteiger partial charge in [0.05, 0.1) is 11.0 Å². The molecule has 3 rings (SSSR count). The average Bonchev–Trinajstić information content (AvgIpc) is 2.83. The van der Waals surface area contributed by atoms with Crippen molar-refractivity contribution in [3.8, 4) is 0 Å². The Hall–Kier alpha value is -0.880. The molecule has 1 aromatic carbocycles. The van der Waals surface area contributed by atoms with Crippen molar-refractivity contribution in [1.29, 1.82) is 0 Å². The summed E-state index contributed by atoms with van der Waals surface area (Å²) >= 11 is 3.33. The molecule has 0 radical (unpaired) electrons. The highest BCUT2D eigenvalue weighted by Crippen LogP contribution is 2.34. The topological polar surface area (TPSA) is 54.5 Å². The van der Waals surface area contributed by atoms with Gasteiger partial charge in [-0.05, 0) is 24.6 Å². The molecule has 0 N–H and O–H groups in total. The van der Waals surface area contributed by atoms with Gasteiger partial charge in [0.1, 0.15) is 0 Å². The zero-order valence-electron chi connectivity index (χ0n) is 9.54. The molecular weight excluding hydrogens is 318 g/mol. The van der Waals surface area contributed by atoms with Crippen molar-refractivity contribution in [2.75, 3.05) is 12.3 Å². The Morgan fingerprint density at radius 3 is 2.72 bits per heavy atom. The summed E-state index contributed by atoms with van der Waals surface area (Å²) in [6, 6.07) is 7.06. The molecule has 2 aliphatic heterocycles. The number of likely N-dealkylation sites (tertiary alicyclic amines) is 1. The Bertz CT molecular complexity index is 614. The van der Waals surface area contributed by atoms with E-state index in [-0.39, 0.29) is 23.0 Å². The second-order valence-corrected chi connectivity index (χ2v) is 8.05.